The van der Waals surface area contributed by atoms with Crippen molar-refractivity contribution in [2.45, 2.75) is 12.4 Å². The molecule has 0 aliphatic heterocycles. The molecule has 2 rings (SSSR count). The SMILES string of the molecule is FC(F)(F)c1cccc(Oc2cc[c]nc2)c1C(F)(F)F. The van der Waals surface area contributed by atoms with E-state index in [2.05, 4.69) is 11.2 Å². The van der Waals surface area contributed by atoms with Crippen LogP contribution in [0.5, 0.6) is 11.5 Å². The highest BCUT2D eigenvalue weighted by Gasteiger charge is 2.45. The summed E-state index contributed by atoms with van der Waals surface area (Å²) in [7, 11) is 0. The van der Waals surface area contributed by atoms with E-state index in [0.29, 0.717) is 6.07 Å². The molecule has 2 aromatic rings. The molecular formula is C13H6F6NO. The van der Waals surface area contributed by atoms with Crippen LogP contribution in [0.1, 0.15) is 11.1 Å². The minimum absolute atomic E-state index is 0.126. The van der Waals surface area contributed by atoms with Crippen LogP contribution in [0, 0.1) is 6.20 Å². The van der Waals surface area contributed by atoms with E-state index in [1.165, 1.54) is 12.1 Å². The molecule has 8 heteroatoms. The molecule has 2 nitrogen and oxygen atoms in total. The molecule has 0 unspecified atom stereocenters. The van der Waals surface area contributed by atoms with E-state index >= 15 is 0 Å². The number of hydrogen-bond donors (Lipinski definition) is 0. The molecule has 0 N–H and O–H groups in total. The molecular weight excluding hydrogens is 300 g/mol. The van der Waals surface area contributed by atoms with E-state index in [4.69, 9.17) is 4.74 Å². The normalized spacial score (nSPS) is 12.3. The van der Waals surface area contributed by atoms with Gasteiger partial charge in [0.1, 0.15) is 17.1 Å². The molecule has 1 heterocycles. The van der Waals surface area contributed by atoms with Crippen LogP contribution in [0.2, 0.25) is 0 Å². The molecule has 0 saturated carbocycles. The zero-order valence-electron chi connectivity index (χ0n) is 10.1. The first-order valence-electron chi connectivity index (χ1n) is 5.47. The van der Waals surface area contributed by atoms with E-state index in [9.17, 15) is 26.3 Å². The van der Waals surface area contributed by atoms with Crippen LogP contribution in [0.15, 0.2) is 36.5 Å². The Bertz CT molecular complexity index is 621. The summed E-state index contributed by atoms with van der Waals surface area (Å²) in [6.45, 7) is 0. The van der Waals surface area contributed by atoms with Gasteiger partial charge in [0, 0.05) is 0 Å². The molecule has 1 aromatic heterocycles. The molecule has 111 valence electrons. The average Bonchev–Trinajstić information content (AvgIpc) is 2.37. The fourth-order valence-electron chi connectivity index (χ4n) is 1.64. The van der Waals surface area contributed by atoms with Crippen molar-refractivity contribution in [3.05, 3.63) is 53.9 Å². The molecule has 21 heavy (non-hydrogen) atoms. The maximum atomic E-state index is 12.9. The van der Waals surface area contributed by atoms with Crippen molar-refractivity contribution in [1.82, 2.24) is 4.98 Å². The summed E-state index contributed by atoms with van der Waals surface area (Å²) in [4.78, 5) is 3.49. The van der Waals surface area contributed by atoms with E-state index in [-0.39, 0.29) is 5.75 Å². The van der Waals surface area contributed by atoms with Gasteiger partial charge in [-0.25, -0.2) is 0 Å². The number of benzene rings is 1. The Morgan fingerprint density at radius 3 is 2.19 bits per heavy atom. The third-order valence-electron chi connectivity index (χ3n) is 2.43. The number of aromatic nitrogens is 1. The first-order valence-corrected chi connectivity index (χ1v) is 5.47. The lowest BCUT2D eigenvalue weighted by Crippen LogP contribution is -2.17. The van der Waals surface area contributed by atoms with Crippen molar-refractivity contribution >= 4 is 0 Å². The van der Waals surface area contributed by atoms with Gasteiger partial charge in [0.2, 0.25) is 0 Å². The Morgan fingerprint density at radius 1 is 0.952 bits per heavy atom. The molecule has 1 aromatic carbocycles. The number of nitrogens with zero attached hydrogens (tertiary/aromatic N) is 1. The average molecular weight is 306 g/mol. The fraction of sp³-hybridized carbons (Fsp3) is 0.154. The van der Waals surface area contributed by atoms with Crippen molar-refractivity contribution in [2.75, 3.05) is 0 Å². The van der Waals surface area contributed by atoms with E-state index in [1.807, 2.05) is 0 Å². The highest BCUT2D eigenvalue weighted by atomic mass is 19.4. The van der Waals surface area contributed by atoms with Gasteiger partial charge >= 0.3 is 12.4 Å². The lowest BCUT2D eigenvalue weighted by Gasteiger charge is -2.18. The highest BCUT2D eigenvalue weighted by molar-refractivity contribution is 5.45. The zero-order valence-corrected chi connectivity index (χ0v) is 10.1. The summed E-state index contributed by atoms with van der Waals surface area (Å²) in [6, 6.07) is 4.50. The molecule has 1 radical (unpaired) electrons. The smallest absolute Gasteiger partial charge is 0.420 e. The molecule has 0 spiro atoms. The quantitative estimate of drug-likeness (QED) is 0.750. The maximum Gasteiger partial charge on any atom is 0.420 e. The fourth-order valence-corrected chi connectivity index (χ4v) is 1.64. The topological polar surface area (TPSA) is 22.1 Å². The van der Waals surface area contributed by atoms with Gasteiger partial charge in [0.25, 0.3) is 0 Å². The Labute approximate surface area is 115 Å². The second-order valence-corrected chi connectivity index (χ2v) is 3.90. The van der Waals surface area contributed by atoms with Gasteiger partial charge in [-0.3, -0.25) is 4.98 Å². The number of pyridine rings is 1. The summed E-state index contributed by atoms with van der Waals surface area (Å²) in [6.07, 6.45) is -6.95. The Kier molecular flexibility index (Phi) is 3.80. The van der Waals surface area contributed by atoms with Crippen LogP contribution < -0.4 is 4.74 Å². The van der Waals surface area contributed by atoms with Crippen LogP contribution in [-0.2, 0) is 12.4 Å². The lowest BCUT2D eigenvalue weighted by atomic mass is 10.1. The second-order valence-electron chi connectivity index (χ2n) is 3.90. The number of hydrogen-bond acceptors (Lipinski definition) is 2. The summed E-state index contributed by atoms with van der Waals surface area (Å²) < 4.78 is 81.9. The van der Waals surface area contributed by atoms with Crippen LogP contribution in [0.3, 0.4) is 0 Å². The third-order valence-corrected chi connectivity index (χ3v) is 2.43. The van der Waals surface area contributed by atoms with Crippen molar-refractivity contribution in [2.24, 2.45) is 0 Å². The first kappa shape index (κ1) is 15.1. The van der Waals surface area contributed by atoms with Crippen molar-refractivity contribution in [1.29, 1.82) is 0 Å². The minimum atomic E-state index is -5.21. The van der Waals surface area contributed by atoms with Crippen LogP contribution in [0.25, 0.3) is 0 Å². The van der Waals surface area contributed by atoms with Crippen LogP contribution in [0.4, 0.5) is 26.3 Å². The largest absolute Gasteiger partial charge is 0.455 e. The van der Waals surface area contributed by atoms with E-state index in [0.717, 1.165) is 18.3 Å². The Morgan fingerprint density at radius 2 is 1.67 bits per heavy atom. The standard InChI is InChI=1S/C13H6F6NO/c14-12(15,16)9-4-1-5-10(11(9)13(17,18)19)21-8-3-2-6-20-7-8/h1-5,7H. The molecule has 0 amide bonds. The monoisotopic (exact) mass is 306 g/mol. The van der Waals surface area contributed by atoms with Gasteiger partial charge in [-0.05, 0) is 24.3 Å². The predicted octanol–water partition coefficient (Wildman–Crippen LogP) is 4.71. The maximum absolute atomic E-state index is 12.9. The molecule has 0 bridgehead atoms. The lowest BCUT2D eigenvalue weighted by molar-refractivity contribution is -0.162. The zero-order chi connectivity index (χ0) is 15.7. The van der Waals surface area contributed by atoms with Crippen molar-refractivity contribution < 1.29 is 31.1 Å². The van der Waals surface area contributed by atoms with Gasteiger partial charge in [-0.15, -0.1) is 0 Å². The van der Waals surface area contributed by atoms with Gasteiger partial charge < -0.3 is 4.74 Å². The van der Waals surface area contributed by atoms with Gasteiger partial charge in [0.05, 0.1) is 18.0 Å². The summed E-state index contributed by atoms with van der Waals surface area (Å²) in [5, 5.41) is 0. The minimum Gasteiger partial charge on any atom is -0.455 e. The Hall–Kier alpha value is -2.25. The predicted molar refractivity (Wildman–Crippen MR) is 59.6 cm³/mol. The van der Waals surface area contributed by atoms with Gasteiger partial charge in [-0.2, -0.15) is 26.3 Å². The summed E-state index contributed by atoms with van der Waals surface area (Å²) in [5.41, 5.74) is -3.67. The van der Waals surface area contributed by atoms with E-state index < -0.39 is 29.2 Å². The second kappa shape index (κ2) is 5.27. The van der Waals surface area contributed by atoms with E-state index in [1.54, 1.807) is 0 Å². The number of rotatable bonds is 2. The number of alkyl halides is 6. The molecule has 0 fully saturated rings. The summed E-state index contributed by atoms with van der Waals surface area (Å²) >= 11 is 0. The number of ether oxygens (including phenoxy) is 1. The van der Waals surface area contributed by atoms with Gasteiger partial charge in [0.15, 0.2) is 0 Å². The first-order chi connectivity index (χ1) is 9.69. The van der Waals surface area contributed by atoms with Crippen LogP contribution >= 0.6 is 0 Å². The van der Waals surface area contributed by atoms with Crippen LogP contribution in [-0.4, -0.2) is 4.98 Å². The van der Waals surface area contributed by atoms with Crippen molar-refractivity contribution in [3.8, 4) is 11.5 Å². The number of halogens is 6. The Balaban J connectivity index is 2.56. The molecule has 0 saturated heterocycles. The molecule has 0 atom stereocenters. The highest BCUT2D eigenvalue weighted by Crippen LogP contribution is 2.45. The summed E-state index contributed by atoms with van der Waals surface area (Å²) in [5.74, 6) is -1.07. The van der Waals surface area contributed by atoms with Gasteiger partial charge in [-0.1, -0.05) is 6.07 Å². The van der Waals surface area contributed by atoms with Crippen molar-refractivity contribution in [3.63, 3.8) is 0 Å². The molecule has 0 aliphatic carbocycles. The molecule has 0 aliphatic rings. The third kappa shape index (κ3) is 3.45.